The van der Waals surface area contributed by atoms with Crippen LogP contribution in [-0.2, 0) is 0 Å². The largest absolute Gasteiger partial charge is 0.255 e. The molecule has 1 aromatic rings. The molecule has 0 aliphatic heterocycles. The lowest BCUT2D eigenvalue weighted by Gasteiger charge is -2.10. The summed E-state index contributed by atoms with van der Waals surface area (Å²) in [5, 5.41) is 18.3. The van der Waals surface area contributed by atoms with Crippen molar-refractivity contribution >= 4 is 46.2 Å². The third-order valence-corrected chi connectivity index (χ3v) is 3.83. The van der Waals surface area contributed by atoms with E-state index in [2.05, 4.69) is 4.99 Å². The highest BCUT2D eigenvalue weighted by atomic mass is 35.5. The molecule has 0 saturated heterocycles. The number of nitrogens with zero attached hydrogens (tertiary/aromatic N) is 3. The van der Waals surface area contributed by atoms with Crippen LogP contribution in [0.3, 0.4) is 0 Å². The average Bonchev–Trinajstić information content (AvgIpc) is 2.42. The van der Waals surface area contributed by atoms with Crippen molar-refractivity contribution in [1.29, 1.82) is 10.5 Å². The van der Waals surface area contributed by atoms with Gasteiger partial charge in [-0.25, -0.2) is 0 Å². The minimum absolute atomic E-state index is 0.00150. The van der Waals surface area contributed by atoms with Gasteiger partial charge in [0.05, 0.1) is 26.2 Å². The molecule has 1 rings (SSSR count). The Labute approximate surface area is 127 Å². The van der Waals surface area contributed by atoms with Gasteiger partial charge in [0.1, 0.15) is 17.8 Å². The molecule has 0 heterocycles. The van der Waals surface area contributed by atoms with E-state index in [1.54, 1.807) is 0 Å². The first-order valence-electron chi connectivity index (χ1n) is 5.58. The number of rotatable bonds is 3. The summed E-state index contributed by atoms with van der Waals surface area (Å²) < 4.78 is 0. The summed E-state index contributed by atoms with van der Waals surface area (Å²) in [4.78, 5) is 4.35. The van der Waals surface area contributed by atoms with Crippen molar-refractivity contribution in [2.24, 2.45) is 4.99 Å². The molecular formula is C13H10Cl3N3. The molecule has 0 aromatic heterocycles. The Kier molecular flexibility index (Phi) is 5.63. The summed E-state index contributed by atoms with van der Waals surface area (Å²) in [5.74, 6) is 0. The van der Waals surface area contributed by atoms with Crippen LogP contribution in [0.5, 0.6) is 0 Å². The standard InChI is InChI=1S/C13H10Cl3N3/c1-3-7(4-2)19-13-9(6-18)10(14)8(5-17)11(15)12(13)16/h3-4H2,1-2H3. The third kappa shape index (κ3) is 3.01. The van der Waals surface area contributed by atoms with Gasteiger partial charge >= 0.3 is 0 Å². The Bertz CT molecular complexity index is 616. The third-order valence-electron chi connectivity index (χ3n) is 2.61. The molecule has 0 spiro atoms. The van der Waals surface area contributed by atoms with Gasteiger partial charge in [-0.2, -0.15) is 10.5 Å². The van der Waals surface area contributed by atoms with Gasteiger partial charge < -0.3 is 0 Å². The summed E-state index contributed by atoms with van der Waals surface area (Å²) in [6.07, 6.45) is 1.46. The monoisotopic (exact) mass is 313 g/mol. The molecule has 0 amide bonds. The van der Waals surface area contributed by atoms with Gasteiger partial charge in [0.25, 0.3) is 0 Å². The molecule has 0 fully saturated rings. The van der Waals surface area contributed by atoms with Crippen LogP contribution < -0.4 is 0 Å². The van der Waals surface area contributed by atoms with E-state index < -0.39 is 0 Å². The summed E-state index contributed by atoms with van der Waals surface area (Å²) in [5.41, 5.74) is 1.18. The Morgan fingerprint density at radius 2 is 1.47 bits per heavy atom. The maximum Gasteiger partial charge on any atom is 0.103 e. The molecule has 0 atom stereocenters. The molecule has 0 aliphatic carbocycles. The molecule has 0 unspecified atom stereocenters. The lowest BCUT2D eigenvalue weighted by Crippen LogP contribution is -1.95. The van der Waals surface area contributed by atoms with E-state index in [1.165, 1.54) is 0 Å². The zero-order valence-electron chi connectivity index (χ0n) is 10.4. The lowest BCUT2D eigenvalue weighted by molar-refractivity contribution is 1.15. The van der Waals surface area contributed by atoms with Crippen molar-refractivity contribution in [3.8, 4) is 12.1 Å². The SMILES string of the molecule is CCC(CC)=Nc1c(Cl)c(Cl)c(C#N)c(Cl)c1C#N. The molecule has 19 heavy (non-hydrogen) atoms. The number of aliphatic imine (C=N–C) groups is 1. The van der Waals surface area contributed by atoms with Crippen LogP contribution in [0.4, 0.5) is 5.69 Å². The first kappa shape index (κ1) is 15.8. The summed E-state index contributed by atoms with van der Waals surface area (Å²) in [6.45, 7) is 3.91. The molecule has 0 aliphatic rings. The molecule has 6 heteroatoms. The first-order valence-corrected chi connectivity index (χ1v) is 6.72. The minimum atomic E-state index is -0.00953. The number of hydrogen-bond donors (Lipinski definition) is 0. The van der Waals surface area contributed by atoms with Crippen LogP contribution in [0.15, 0.2) is 4.99 Å². The van der Waals surface area contributed by atoms with E-state index in [0.29, 0.717) is 0 Å². The molecule has 0 radical (unpaired) electrons. The molecule has 0 bridgehead atoms. The van der Waals surface area contributed by atoms with Crippen molar-refractivity contribution in [2.45, 2.75) is 26.7 Å². The second-order valence-corrected chi connectivity index (χ2v) is 4.78. The summed E-state index contributed by atoms with van der Waals surface area (Å²) in [6, 6.07) is 3.77. The summed E-state index contributed by atoms with van der Waals surface area (Å²) >= 11 is 18.1. The van der Waals surface area contributed by atoms with E-state index >= 15 is 0 Å². The van der Waals surface area contributed by atoms with Crippen molar-refractivity contribution in [2.75, 3.05) is 0 Å². The fourth-order valence-corrected chi connectivity index (χ4v) is 2.29. The zero-order chi connectivity index (χ0) is 14.6. The van der Waals surface area contributed by atoms with Gasteiger partial charge in [0.2, 0.25) is 0 Å². The highest BCUT2D eigenvalue weighted by Crippen LogP contribution is 2.42. The van der Waals surface area contributed by atoms with E-state index in [4.69, 9.17) is 40.1 Å². The van der Waals surface area contributed by atoms with E-state index in [9.17, 15) is 5.26 Å². The van der Waals surface area contributed by atoms with E-state index in [1.807, 2.05) is 26.0 Å². The van der Waals surface area contributed by atoms with Gasteiger partial charge in [0, 0.05) is 5.71 Å². The molecule has 3 nitrogen and oxygen atoms in total. The maximum atomic E-state index is 9.18. The molecule has 1 aromatic carbocycles. The highest BCUT2D eigenvalue weighted by Gasteiger charge is 2.21. The smallest absolute Gasteiger partial charge is 0.103 e. The molecule has 0 N–H and O–H groups in total. The Morgan fingerprint density at radius 1 is 0.947 bits per heavy atom. The normalized spacial score (nSPS) is 9.63. The van der Waals surface area contributed by atoms with E-state index in [0.717, 1.165) is 18.6 Å². The lowest BCUT2D eigenvalue weighted by atomic mass is 10.1. The fraction of sp³-hybridized carbons (Fsp3) is 0.308. The number of halogens is 3. The van der Waals surface area contributed by atoms with Crippen LogP contribution in [0, 0.1) is 22.7 Å². The topological polar surface area (TPSA) is 59.9 Å². The molecule has 98 valence electrons. The Morgan fingerprint density at radius 3 is 1.89 bits per heavy atom. The second kappa shape index (κ2) is 6.78. The van der Waals surface area contributed by atoms with Gasteiger partial charge in [0.15, 0.2) is 0 Å². The molecule has 0 saturated carbocycles. The van der Waals surface area contributed by atoms with Crippen molar-refractivity contribution in [3.63, 3.8) is 0 Å². The highest BCUT2D eigenvalue weighted by molar-refractivity contribution is 6.46. The van der Waals surface area contributed by atoms with Gasteiger partial charge in [-0.05, 0) is 12.8 Å². The molecular weight excluding hydrogens is 305 g/mol. The van der Waals surface area contributed by atoms with Gasteiger partial charge in [-0.1, -0.05) is 48.7 Å². The first-order chi connectivity index (χ1) is 9.01. The summed E-state index contributed by atoms with van der Waals surface area (Å²) in [7, 11) is 0. The number of nitriles is 2. The van der Waals surface area contributed by atoms with Gasteiger partial charge in [-0.15, -0.1) is 0 Å². The fourth-order valence-electron chi connectivity index (χ4n) is 1.52. The number of benzene rings is 1. The van der Waals surface area contributed by atoms with Crippen molar-refractivity contribution in [3.05, 3.63) is 26.2 Å². The Balaban J connectivity index is 3.72. The predicted octanol–water partition coefficient (Wildman–Crippen LogP) is 5.28. The van der Waals surface area contributed by atoms with Gasteiger partial charge in [-0.3, -0.25) is 4.99 Å². The zero-order valence-corrected chi connectivity index (χ0v) is 12.7. The number of hydrogen-bond acceptors (Lipinski definition) is 3. The van der Waals surface area contributed by atoms with Crippen LogP contribution in [0.1, 0.15) is 37.8 Å². The van der Waals surface area contributed by atoms with Crippen LogP contribution in [0.2, 0.25) is 15.1 Å². The van der Waals surface area contributed by atoms with Crippen LogP contribution in [-0.4, -0.2) is 5.71 Å². The predicted molar refractivity (Wildman–Crippen MR) is 78.6 cm³/mol. The van der Waals surface area contributed by atoms with E-state index in [-0.39, 0.29) is 31.9 Å². The second-order valence-electron chi connectivity index (χ2n) is 3.65. The Hall–Kier alpha value is -1.26. The maximum absolute atomic E-state index is 9.18. The minimum Gasteiger partial charge on any atom is -0.255 e. The van der Waals surface area contributed by atoms with Crippen LogP contribution >= 0.6 is 34.8 Å². The van der Waals surface area contributed by atoms with Crippen LogP contribution in [0.25, 0.3) is 0 Å². The van der Waals surface area contributed by atoms with Crippen molar-refractivity contribution < 1.29 is 0 Å². The van der Waals surface area contributed by atoms with Crippen molar-refractivity contribution in [1.82, 2.24) is 0 Å². The average molecular weight is 315 g/mol. The quantitative estimate of drug-likeness (QED) is 0.562.